The van der Waals surface area contributed by atoms with Gasteiger partial charge in [-0.25, -0.2) is 0 Å². The number of hydrogen-bond donors (Lipinski definition) is 1. The Morgan fingerprint density at radius 3 is 2.14 bits per heavy atom. The molecule has 0 saturated heterocycles. The van der Waals surface area contributed by atoms with Crippen molar-refractivity contribution in [2.24, 2.45) is 0 Å². The van der Waals surface area contributed by atoms with E-state index < -0.39 is 18.0 Å². The summed E-state index contributed by atoms with van der Waals surface area (Å²) in [5.74, 6) is -1.09. The van der Waals surface area contributed by atoms with Crippen LogP contribution in [0.3, 0.4) is 0 Å². The highest BCUT2D eigenvalue weighted by Crippen LogP contribution is 1.98. The number of carbonyl (C=O) groups excluding carboxylic acids is 2. The Labute approximate surface area is 130 Å². The minimum Gasteiger partial charge on any atom is -0.463 e. The molecule has 0 rings (SSSR count). The topological polar surface area (TPSA) is 91.3 Å². The van der Waals surface area contributed by atoms with E-state index in [-0.39, 0.29) is 39.3 Å². The highest BCUT2D eigenvalue weighted by Gasteiger charge is 2.11. The van der Waals surface area contributed by atoms with Crippen LogP contribution in [0.5, 0.6) is 0 Å². The molecule has 0 bridgehead atoms. The predicted octanol–water partition coefficient (Wildman–Crippen LogP) is 0.619. The van der Waals surface area contributed by atoms with Gasteiger partial charge in [-0.05, 0) is 0 Å². The van der Waals surface area contributed by atoms with E-state index in [2.05, 4.69) is 13.2 Å². The molecule has 7 heteroatoms. The van der Waals surface area contributed by atoms with E-state index in [9.17, 15) is 14.7 Å². The molecule has 0 radical (unpaired) electrons. The maximum Gasteiger partial charge on any atom is 0.306 e. The molecule has 22 heavy (non-hydrogen) atoms. The van der Waals surface area contributed by atoms with Gasteiger partial charge < -0.3 is 24.1 Å². The zero-order valence-corrected chi connectivity index (χ0v) is 12.7. The summed E-state index contributed by atoms with van der Waals surface area (Å²) in [6.45, 7) is 7.91. The first kappa shape index (κ1) is 20.3. The molecular formula is C15H24O7. The van der Waals surface area contributed by atoms with Gasteiger partial charge in [-0.3, -0.25) is 9.59 Å². The van der Waals surface area contributed by atoms with Crippen LogP contribution in [-0.2, 0) is 28.5 Å². The van der Waals surface area contributed by atoms with E-state index in [1.54, 1.807) is 12.2 Å². The van der Waals surface area contributed by atoms with Crippen LogP contribution in [0.2, 0.25) is 0 Å². The molecule has 0 aliphatic carbocycles. The lowest BCUT2D eigenvalue weighted by molar-refractivity contribution is -0.153. The van der Waals surface area contributed by atoms with Crippen LogP contribution in [-0.4, -0.2) is 62.8 Å². The first-order chi connectivity index (χ1) is 10.6. The molecule has 0 saturated carbocycles. The summed E-state index contributed by atoms with van der Waals surface area (Å²) >= 11 is 0. The van der Waals surface area contributed by atoms with Crippen molar-refractivity contribution >= 4 is 11.9 Å². The maximum absolute atomic E-state index is 11.4. The minimum atomic E-state index is -0.905. The maximum atomic E-state index is 11.4. The highest BCUT2D eigenvalue weighted by atomic mass is 16.6. The summed E-state index contributed by atoms with van der Waals surface area (Å²) < 4.78 is 19.7. The lowest BCUT2D eigenvalue weighted by Crippen LogP contribution is -2.24. The molecule has 0 amide bonds. The Kier molecular flexibility index (Phi) is 13.1. The number of rotatable bonds is 14. The minimum absolute atomic E-state index is 0.0477. The van der Waals surface area contributed by atoms with Gasteiger partial charge in [0.2, 0.25) is 0 Å². The lowest BCUT2D eigenvalue weighted by Gasteiger charge is -2.11. The molecule has 0 spiro atoms. The van der Waals surface area contributed by atoms with Crippen LogP contribution < -0.4 is 0 Å². The second-order valence-corrected chi connectivity index (χ2v) is 4.25. The molecule has 126 valence electrons. The van der Waals surface area contributed by atoms with Crippen molar-refractivity contribution in [2.75, 3.05) is 39.6 Å². The van der Waals surface area contributed by atoms with Crippen LogP contribution in [0.1, 0.15) is 12.8 Å². The highest BCUT2D eigenvalue weighted by molar-refractivity contribution is 5.77. The van der Waals surface area contributed by atoms with Crippen molar-refractivity contribution in [3.05, 3.63) is 25.3 Å². The molecule has 0 aliphatic heterocycles. The van der Waals surface area contributed by atoms with Gasteiger partial charge in [-0.1, -0.05) is 12.2 Å². The number of esters is 2. The van der Waals surface area contributed by atoms with E-state index >= 15 is 0 Å². The Balaban J connectivity index is 3.56. The smallest absolute Gasteiger partial charge is 0.306 e. The van der Waals surface area contributed by atoms with Crippen LogP contribution in [0.15, 0.2) is 25.3 Å². The Bertz CT molecular complexity index is 341. The number of aliphatic hydroxyl groups excluding tert-OH is 1. The quantitative estimate of drug-likeness (QED) is 0.285. The predicted molar refractivity (Wildman–Crippen MR) is 79.2 cm³/mol. The van der Waals surface area contributed by atoms with Crippen LogP contribution in [0.4, 0.5) is 0 Å². The molecule has 0 fully saturated rings. The van der Waals surface area contributed by atoms with Crippen LogP contribution >= 0.6 is 0 Å². The Hall–Kier alpha value is -1.70. The zero-order valence-electron chi connectivity index (χ0n) is 12.7. The van der Waals surface area contributed by atoms with Crippen molar-refractivity contribution in [1.82, 2.24) is 0 Å². The van der Waals surface area contributed by atoms with Gasteiger partial charge in [-0.15, -0.1) is 13.2 Å². The molecule has 1 unspecified atom stereocenters. The average molecular weight is 316 g/mol. The van der Waals surface area contributed by atoms with E-state index in [0.29, 0.717) is 13.2 Å². The average Bonchev–Trinajstić information content (AvgIpc) is 2.51. The van der Waals surface area contributed by atoms with Gasteiger partial charge in [0, 0.05) is 0 Å². The Morgan fingerprint density at radius 2 is 1.50 bits per heavy atom. The summed E-state index contributed by atoms with van der Waals surface area (Å²) in [6.07, 6.45) is 2.05. The normalized spacial score (nSPS) is 11.5. The van der Waals surface area contributed by atoms with E-state index in [1.807, 2.05) is 0 Å². The molecule has 1 N–H and O–H groups in total. The molecule has 0 heterocycles. The third kappa shape index (κ3) is 13.3. The Morgan fingerprint density at radius 1 is 0.909 bits per heavy atom. The number of hydrogen-bond acceptors (Lipinski definition) is 7. The van der Waals surface area contributed by atoms with Crippen LogP contribution in [0, 0.1) is 0 Å². The van der Waals surface area contributed by atoms with Gasteiger partial charge in [0.25, 0.3) is 0 Å². The second kappa shape index (κ2) is 14.2. The first-order valence-electron chi connectivity index (χ1n) is 6.96. The first-order valence-corrected chi connectivity index (χ1v) is 6.96. The fraction of sp³-hybridized carbons (Fsp3) is 0.600. The SMILES string of the molecule is C=CCOCCOC(=O)CCC(=O)OCC(O)COCC=C. The van der Waals surface area contributed by atoms with E-state index in [1.165, 1.54) is 0 Å². The molecule has 0 aliphatic rings. The van der Waals surface area contributed by atoms with E-state index in [4.69, 9.17) is 18.9 Å². The summed E-state index contributed by atoms with van der Waals surface area (Å²) in [6, 6.07) is 0. The lowest BCUT2D eigenvalue weighted by atomic mass is 10.3. The second-order valence-electron chi connectivity index (χ2n) is 4.25. The number of ether oxygens (including phenoxy) is 4. The van der Waals surface area contributed by atoms with E-state index in [0.717, 1.165) is 0 Å². The number of carbonyl (C=O) groups is 2. The largest absolute Gasteiger partial charge is 0.463 e. The standard InChI is InChI=1S/C15H24O7/c1-3-7-19-9-10-21-14(17)5-6-15(18)22-12-13(16)11-20-8-4-2/h3-4,13,16H,1-2,5-12H2. The molecule has 0 aromatic carbocycles. The summed E-state index contributed by atoms with van der Waals surface area (Å²) in [5.41, 5.74) is 0. The molecule has 0 aromatic heterocycles. The zero-order chi connectivity index (χ0) is 16.6. The van der Waals surface area contributed by atoms with Crippen molar-refractivity contribution < 1.29 is 33.6 Å². The van der Waals surface area contributed by atoms with Crippen molar-refractivity contribution in [3.8, 4) is 0 Å². The van der Waals surface area contributed by atoms with Gasteiger partial charge in [0.05, 0.1) is 39.3 Å². The van der Waals surface area contributed by atoms with Gasteiger partial charge in [0.15, 0.2) is 0 Å². The number of aliphatic hydroxyl groups is 1. The summed E-state index contributed by atoms with van der Waals surface area (Å²) in [5, 5.41) is 9.44. The van der Waals surface area contributed by atoms with Crippen molar-refractivity contribution in [3.63, 3.8) is 0 Å². The van der Waals surface area contributed by atoms with Crippen molar-refractivity contribution in [2.45, 2.75) is 18.9 Å². The fourth-order valence-corrected chi connectivity index (χ4v) is 1.25. The third-order valence-corrected chi connectivity index (χ3v) is 2.24. The summed E-state index contributed by atoms with van der Waals surface area (Å²) in [4.78, 5) is 22.7. The molecule has 1 atom stereocenters. The summed E-state index contributed by atoms with van der Waals surface area (Å²) in [7, 11) is 0. The monoisotopic (exact) mass is 316 g/mol. The van der Waals surface area contributed by atoms with Gasteiger partial charge >= 0.3 is 11.9 Å². The van der Waals surface area contributed by atoms with Gasteiger partial charge in [0.1, 0.15) is 19.3 Å². The van der Waals surface area contributed by atoms with Gasteiger partial charge in [-0.2, -0.15) is 0 Å². The molecule has 0 aromatic rings. The fourth-order valence-electron chi connectivity index (χ4n) is 1.25. The molecular weight excluding hydrogens is 292 g/mol. The molecule has 7 nitrogen and oxygen atoms in total. The van der Waals surface area contributed by atoms with Crippen LogP contribution in [0.25, 0.3) is 0 Å². The third-order valence-electron chi connectivity index (χ3n) is 2.24. The van der Waals surface area contributed by atoms with Crippen molar-refractivity contribution in [1.29, 1.82) is 0 Å².